The molecule has 1 unspecified atom stereocenters. The van der Waals surface area contributed by atoms with Crippen LogP contribution in [0.1, 0.15) is 51.9 Å². The molecule has 2 fully saturated rings. The lowest BCUT2D eigenvalue weighted by molar-refractivity contribution is 0.146. The van der Waals surface area contributed by atoms with E-state index in [1.165, 1.54) is 4.31 Å². The monoisotopic (exact) mass is 276 g/mol. The van der Waals surface area contributed by atoms with Crippen molar-refractivity contribution in [1.82, 2.24) is 9.03 Å². The highest BCUT2D eigenvalue weighted by molar-refractivity contribution is 7.87. The SMILES string of the molecule is CCC1(NS(=O)(=O)N2CCCCC2CO)CCC1. The lowest BCUT2D eigenvalue weighted by Gasteiger charge is -2.44. The van der Waals surface area contributed by atoms with Crippen LogP contribution in [0.15, 0.2) is 0 Å². The topological polar surface area (TPSA) is 69.6 Å². The Morgan fingerprint density at radius 2 is 2.06 bits per heavy atom. The number of aliphatic hydroxyl groups is 1. The Hall–Kier alpha value is -0.170. The number of piperidine rings is 1. The lowest BCUT2D eigenvalue weighted by atomic mass is 9.76. The summed E-state index contributed by atoms with van der Waals surface area (Å²) in [5.74, 6) is 0. The number of hydrogen-bond donors (Lipinski definition) is 2. The molecule has 1 heterocycles. The average molecular weight is 276 g/mol. The molecule has 6 heteroatoms. The Morgan fingerprint density at radius 1 is 1.33 bits per heavy atom. The zero-order valence-electron chi connectivity index (χ0n) is 11.1. The van der Waals surface area contributed by atoms with Gasteiger partial charge in [0, 0.05) is 18.1 Å². The third kappa shape index (κ3) is 2.71. The second kappa shape index (κ2) is 5.45. The normalized spacial score (nSPS) is 28.9. The van der Waals surface area contributed by atoms with Gasteiger partial charge in [-0.1, -0.05) is 13.3 Å². The average Bonchev–Trinajstić information content (AvgIpc) is 2.34. The Balaban J connectivity index is 2.09. The minimum absolute atomic E-state index is 0.0833. The van der Waals surface area contributed by atoms with Crippen LogP contribution in [0.2, 0.25) is 0 Å². The molecule has 2 N–H and O–H groups in total. The molecule has 0 aromatic heterocycles. The molecule has 0 bridgehead atoms. The summed E-state index contributed by atoms with van der Waals surface area (Å²) in [5.41, 5.74) is -0.226. The van der Waals surface area contributed by atoms with Crippen LogP contribution in [0.25, 0.3) is 0 Å². The molecule has 18 heavy (non-hydrogen) atoms. The van der Waals surface area contributed by atoms with Crippen molar-refractivity contribution in [3.8, 4) is 0 Å². The van der Waals surface area contributed by atoms with Gasteiger partial charge in [-0.05, 0) is 38.5 Å². The number of hydrogen-bond acceptors (Lipinski definition) is 3. The van der Waals surface area contributed by atoms with E-state index in [4.69, 9.17) is 0 Å². The van der Waals surface area contributed by atoms with Gasteiger partial charge in [0.25, 0.3) is 10.2 Å². The van der Waals surface area contributed by atoms with Gasteiger partial charge in [-0.25, -0.2) is 0 Å². The van der Waals surface area contributed by atoms with E-state index in [0.29, 0.717) is 6.54 Å². The highest BCUT2D eigenvalue weighted by atomic mass is 32.2. The molecule has 1 atom stereocenters. The summed E-state index contributed by atoms with van der Waals surface area (Å²) < 4.78 is 29.2. The minimum atomic E-state index is -3.45. The van der Waals surface area contributed by atoms with Gasteiger partial charge in [0.2, 0.25) is 0 Å². The fourth-order valence-corrected chi connectivity index (χ4v) is 4.88. The second-order valence-electron chi connectivity index (χ2n) is 5.54. The van der Waals surface area contributed by atoms with Gasteiger partial charge in [0.1, 0.15) is 0 Å². The molecule has 1 saturated carbocycles. The minimum Gasteiger partial charge on any atom is -0.395 e. The highest BCUT2D eigenvalue weighted by Gasteiger charge is 2.42. The fraction of sp³-hybridized carbons (Fsp3) is 1.00. The van der Waals surface area contributed by atoms with E-state index in [1.54, 1.807) is 0 Å². The maximum Gasteiger partial charge on any atom is 0.280 e. The van der Waals surface area contributed by atoms with Crippen molar-refractivity contribution in [3.05, 3.63) is 0 Å². The van der Waals surface area contributed by atoms with E-state index in [0.717, 1.165) is 44.9 Å². The van der Waals surface area contributed by atoms with E-state index in [-0.39, 0.29) is 18.2 Å². The van der Waals surface area contributed by atoms with Crippen LogP contribution in [0.4, 0.5) is 0 Å². The molecule has 1 aliphatic heterocycles. The summed E-state index contributed by atoms with van der Waals surface area (Å²) in [6.07, 6.45) is 6.44. The van der Waals surface area contributed by atoms with E-state index >= 15 is 0 Å². The summed E-state index contributed by atoms with van der Waals surface area (Å²) in [6, 6.07) is -0.245. The van der Waals surface area contributed by atoms with E-state index in [2.05, 4.69) is 4.72 Å². The maximum atomic E-state index is 12.4. The molecule has 0 spiro atoms. The molecular weight excluding hydrogens is 252 g/mol. The summed E-state index contributed by atoms with van der Waals surface area (Å²) in [5, 5.41) is 9.32. The summed E-state index contributed by atoms with van der Waals surface area (Å²) in [7, 11) is -3.45. The molecule has 106 valence electrons. The van der Waals surface area contributed by atoms with Gasteiger partial charge in [0.15, 0.2) is 0 Å². The van der Waals surface area contributed by atoms with Crippen molar-refractivity contribution in [2.45, 2.75) is 63.5 Å². The van der Waals surface area contributed by atoms with Crippen molar-refractivity contribution >= 4 is 10.2 Å². The van der Waals surface area contributed by atoms with Crippen LogP contribution >= 0.6 is 0 Å². The zero-order chi connectivity index (χ0) is 13.2. The quantitative estimate of drug-likeness (QED) is 0.787. The summed E-state index contributed by atoms with van der Waals surface area (Å²) >= 11 is 0. The van der Waals surface area contributed by atoms with Gasteiger partial charge < -0.3 is 5.11 Å². The van der Waals surface area contributed by atoms with E-state index in [1.807, 2.05) is 6.92 Å². The second-order valence-corrected chi connectivity index (χ2v) is 7.16. The first-order valence-electron chi connectivity index (χ1n) is 6.94. The van der Waals surface area contributed by atoms with Gasteiger partial charge in [-0.15, -0.1) is 0 Å². The van der Waals surface area contributed by atoms with Crippen LogP contribution in [0.3, 0.4) is 0 Å². The molecule has 1 aliphatic carbocycles. The van der Waals surface area contributed by atoms with Gasteiger partial charge in [-0.3, -0.25) is 0 Å². The molecule has 0 aromatic carbocycles. The van der Waals surface area contributed by atoms with Crippen molar-refractivity contribution in [2.24, 2.45) is 0 Å². The maximum absolute atomic E-state index is 12.4. The Labute approximate surface area is 110 Å². The predicted molar refractivity (Wildman–Crippen MR) is 70.4 cm³/mol. The van der Waals surface area contributed by atoms with E-state index < -0.39 is 10.2 Å². The smallest absolute Gasteiger partial charge is 0.280 e. The number of nitrogens with one attached hydrogen (secondary N) is 1. The molecule has 0 radical (unpaired) electrons. The first kappa shape index (κ1) is 14.2. The van der Waals surface area contributed by atoms with E-state index in [9.17, 15) is 13.5 Å². The molecule has 5 nitrogen and oxygen atoms in total. The van der Waals surface area contributed by atoms with Crippen LogP contribution in [-0.4, -0.2) is 42.6 Å². The third-order valence-corrected chi connectivity index (χ3v) is 6.21. The number of aliphatic hydroxyl groups excluding tert-OH is 1. The fourth-order valence-electron chi connectivity index (χ4n) is 2.94. The van der Waals surface area contributed by atoms with Crippen LogP contribution in [0.5, 0.6) is 0 Å². The van der Waals surface area contributed by atoms with Crippen molar-refractivity contribution in [3.63, 3.8) is 0 Å². The first-order chi connectivity index (χ1) is 8.53. The molecular formula is C12H24N2O3S. The van der Waals surface area contributed by atoms with Crippen molar-refractivity contribution < 1.29 is 13.5 Å². The van der Waals surface area contributed by atoms with Crippen molar-refractivity contribution in [2.75, 3.05) is 13.2 Å². The van der Waals surface area contributed by atoms with Crippen LogP contribution in [0, 0.1) is 0 Å². The van der Waals surface area contributed by atoms with Crippen LogP contribution in [-0.2, 0) is 10.2 Å². The van der Waals surface area contributed by atoms with Gasteiger partial charge in [-0.2, -0.15) is 17.4 Å². The molecule has 0 aromatic rings. The molecule has 2 aliphatic rings. The Kier molecular flexibility index (Phi) is 4.31. The third-order valence-electron chi connectivity index (χ3n) is 4.43. The number of rotatable bonds is 5. The first-order valence-corrected chi connectivity index (χ1v) is 8.39. The highest BCUT2D eigenvalue weighted by Crippen LogP contribution is 2.36. The van der Waals surface area contributed by atoms with Gasteiger partial charge >= 0.3 is 0 Å². The Morgan fingerprint density at radius 3 is 2.56 bits per heavy atom. The molecule has 2 rings (SSSR count). The van der Waals surface area contributed by atoms with Gasteiger partial charge in [0.05, 0.1) is 6.61 Å². The summed E-state index contributed by atoms with van der Waals surface area (Å²) in [6.45, 7) is 2.47. The zero-order valence-corrected chi connectivity index (χ0v) is 11.9. The summed E-state index contributed by atoms with van der Waals surface area (Å²) in [4.78, 5) is 0. The predicted octanol–water partition coefficient (Wildman–Crippen LogP) is 1.00. The number of nitrogens with zero attached hydrogens (tertiary/aromatic N) is 1. The molecule has 0 amide bonds. The Bertz CT molecular complexity index is 373. The largest absolute Gasteiger partial charge is 0.395 e. The lowest BCUT2D eigenvalue weighted by Crippen LogP contribution is -2.59. The van der Waals surface area contributed by atoms with Crippen LogP contribution < -0.4 is 4.72 Å². The van der Waals surface area contributed by atoms with Crippen molar-refractivity contribution in [1.29, 1.82) is 0 Å². The standard InChI is InChI=1S/C12H24N2O3S/c1-2-12(7-5-8-12)13-18(16,17)14-9-4-3-6-11(14)10-15/h11,13,15H,2-10H2,1H3. The molecule has 1 saturated heterocycles.